The van der Waals surface area contributed by atoms with Crippen molar-refractivity contribution in [3.05, 3.63) is 58.9 Å². The van der Waals surface area contributed by atoms with Crippen molar-refractivity contribution in [2.24, 2.45) is 17.3 Å². The van der Waals surface area contributed by atoms with E-state index in [0.717, 1.165) is 82.2 Å². The Hall–Kier alpha value is -2.69. The minimum absolute atomic E-state index is 0.0907. The first-order chi connectivity index (χ1) is 17.5. The van der Waals surface area contributed by atoms with Crippen LogP contribution in [0.5, 0.6) is 5.75 Å². The van der Waals surface area contributed by atoms with Crippen molar-refractivity contribution in [2.45, 2.75) is 83.5 Å². The molecule has 1 aromatic carbocycles. The fraction of sp³-hybridized carbons (Fsp3) is 0.581. The first kappa shape index (κ1) is 23.7. The molecule has 4 atom stereocenters. The summed E-state index contributed by atoms with van der Waals surface area (Å²) in [5, 5.41) is 0. The van der Waals surface area contributed by atoms with Crippen molar-refractivity contribution in [3.8, 4) is 5.75 Å². The lowest BCUT2D eigenvalue weighted by molar-refractivity contribution is -0.129. The summed E-state index contributed by atoms with van der Waals surface area (Å²) in [7, 11) is 0. The number of piperidine rings is 1. The van der Waals surface area contributed by atoms with Crippen LogP contribution in [0, 0.1) is 17.3 Å². The van der Waals surface area contributed by atoms with E-state index in [1.807, 2.05) is 17.3 Å². The number of aromatic nitrogens is 1. The second kappa shape index (κ2) is 9.32. The molecule has 3 fully saturated rings. The van der Waals surface area contributed by atoms with Crippen LogP contribution in [0.3, 0.4) is 0 Å². The third kappa shape index (κ3) is 3.95. The molecule has 0 N–H and O–H groups in total. The zero-order valence-corrected chi connectivity index (χ0v) is 21.7. The summed E-state index contributed by atoms with van der Waals surface area (Å²) in [5.41, 5.74) is 5.16. The van der Waals surface area contributed by atoms with Crippen LogP contribution in [0.25, 0.3) is 0 Å². The number of nitrogens with zero attached hydrogens (tertiary/aromatic N) is 2. The SMILES string of the molecule is CCc1cc2c(cc1OC(=O)N1CCC(c3ccncc3)CC1)CCC1C2CCC2(C)C(=O)CCC12. The molecule has 2 heterocycles. The number of fused-ring (bicyclic) bond motifs is 5. The Labute approximate surface area is 214 Å². The molecule has 2 saturated carbocycles. The van der Waals surface area contributed by atoms with Gasteiger partial charge in [0.05, 0.1) is 0 Å². The summed E-state index contributed by atoms with van der Waals surface area (Å²) in [5.74, 6) is 3.41. The number of likely N-dealkylation sites (tertiary alicyclic amines) is 1. The van der Waals surface area contributed by atoms with Gasteiger partial charge in [-0.1, -0.05) is 19.9 Å². The van der Waals surface area contributed by atoms with Gasteiger partial charge in [0, 0.05) is 37.3 Å². The smallest absolute Gasteiger partial charge is 0.410 e. The third-order valence-corrected chi connectivity index (χ3v) is 10.1. The molecule has 0 radical (unpaired) electrons. The highest BCUT2D eigenvalue weighted by molar-refractivity contribution is 5.87. The van der Waals surface area contributed by atoms with Crippen LogP contribution >= 0.6 is 0 Å². The number of aryl methyl sites for hydroxylation is 2. The Balaban J connectivity index is 1.16. The quantitative estimate of drug-likeness (QED) is 0.500. The lowest BCUT2D eigenvalue weighted by atomic mass is 9.55. The van der Waals surface area contributed by atoms with Crippen molar-refractivity contribution in [1.29, 1.82) is 0 Å². The first-order valence-corrected chi connectivity index (χ1v) is 14.0. The van der Waals surface area contributed by atoms with E-state index < -0.39 is 0 Å². The molecule has 190 valence electrons. The molecule has 5 nitrogen and oxygen atoms in total. The molecule has 1 aliphatic heterocycles. The minimum Gasteiger partial charge on any atom is -0.410 e. The predicted molar refractivity (Wildman–Crippen MR) is 139 cm³/mol. The van der Waals surface area contributed by atoms with E-state index >= 15 is 0 Å². The number of benzene rings is 1. The summed E-state index contributed by atoms with van der Waals surface area (Å²) in [6.07, 6.45) is 12.4. The van der Waals surface area contributed by atoms with E-state index in [1.165, 1.54) is 16.7 Å². The van der Waals surface area contributed by atoms with Crippen LogP contribution in [-0.2, 0) is 17.6 Å². The van der Waals surface area contributed by atoms with E-state index in [9.17, 15) is 9.59 Å². The first-order valence-electron chi connectivity index (χ1n) is 14.0. The van der Waals surface area contributed by atoms with Crippen LogP contribution in [0.15, 0.2) is 36.7 Å². The van der Waals surface area contributed by atoms with Crippen molar-refractivity contribution >= 4 is 11.9 Å². The fourth-order valence-electron chi connectivity index (χ4n) is 7.98. The summed E-state index contributed by atoms with van der Waals surface area (Å²) in [6.45, 7) is 5.83. The summed E-state index contributed by atoms with van der Waals surface area (Å²) >= 11 is 0. The van der Waals surface area contributed by atoms with Gasteiger partial charge in [-0.3, -0.25) is 9.78 Å². The zero-order chi connectivity index (χ0) is 24.9. The average molecular weight is 487 g/mol. The van der Waals surface area contributed by atoms with Gasteiger partial charge in [0.1, 0.15) is 11.5 Å². The van der Waals surface area contributed by atoms with Crippen molar-refractivity contribution in [2.75, 3.05) is 13.1 Å². The standard InChI is InChI=1S/C31H38N2O3/c1-3-20-18-26-23(4-5-25-24(26)8-13-31(2)27(25)6-7-29(31)34)19-28(20)36-30(35)33-16-11-22(12-17-33)21-9-14-32-15-10-21/h9-10,14-15,18-19,22,24-25,27H,3-8,11-13,16-17H2,1-2H3. The number of Topliss-reactive ketones (excluding diaryl/α,β-unsaturated/α-hetero) is 1. The highest BCUT2D eigenvalue weighted by Crippen LogP contribution is 2.59. The van der Waals surface area contributed by atoms with E-state index in [0.29, 0.717) is 29.5 Å². The Bertz CT molecular complexity index is 1150. The predicted octanol–water partition coefficient (Wildman–Crippen LogP) is 6.45. The van der Waals surface area contributed by atoms with Crippen molar-refractivity contribution in [1.82, 2.24) is 9.88 Å². The van der Waals surface area contributed by atoms with Gasteiger partial charge in [0.15, 0.2) is 0 Å². The van der Waals surface area contributed by atoms with Gasteiger partial charge in [-0.05, 0) is 115 Å². The Morgan fingerprint density at radius 3 is 2.61 bits per heavy atom. The van der Waals surface area contributed by atoms with Crippen LogP contribution in [-0.4, -0.2) is 34.8 Å². The molecule has 6 rings (SSSR count). The molecular weight excluding hydrogens is 448 g/mol. The summed E-state index contributed by atoms with van der Waals surface area (Å²) in [4.78, 5) is 31.8. The molecule has 1 amide bonds. The van der Waals surface area contributed by atoms with Crippen LogP contribution in [0.4, 0.5) is 4.79 Å². The van der Waals surface area contributed by atoms with Crippen LogP contribution in [0.2, 0.25) is 0 Å². The Kier molecular flexibility index (Phi) is 6.13. The number of ether oxygens (including phenoxy) is 1. The van der Waals surface area contributed by atoms with Crippen molar-refractivity contribution < 1.29 is 14.3 Å². The number of carbonyl (C=O) groups is 2. The Morgan fingerprint density at radius 1 is 1.08 bits per heavy atom. The monoisotopic (exact) mass is 486 g/mol. The van der Waals surface area contributed by atoms with Gasteiger partial charge in [0.2, 0.25) is 0 Å². The molecule has 0 bridgehead atoms. The minimum atomic E-state index is -0.218. The molecule has 3 aliphatic carbocycles. The number of rotatable bonds is 3. The topological polar surface area (TPSA) is 59.5 Å². The number of hydrogen-bond acceptors (Lipinski definition) is 4. The maximum atomic E-state index is 13.1. The number of amides is 1. The molecule has 4 aliphatic rings. The summed E-state index contributed by atoms with van der Waals surface area (Å²) < 4.78 is 6.05. The molecule has 36 heavy (non-hydrogen) atoms. The lowest BCUT2D eigenvalue weighted by Gasteiger charge is -2.48. The number of ketones is 1. The molecule has 2 aromatic rings. The zero-order valence-electron chi connectivity index (χ0n) is 21.7. The number of hydrogen-bond donors (Lipinski definition) is 0. The Morgan fingerprint density at radius 2 is 1.86 bits per heavy atom. The van der Waals surface area contributed by atoms with Gasteiger partial charge in [-0.2, -0.15) is 0 Å². The van der Waals surface area contributed by atoms with Crippen LogP contribution < -0.4 is 4.74 Å². The highest BCUT2D eigenvalue weighted by atomic mass is 16.6. The van der Waals surface area contributed by atoms with E-state index in [2.05, 4.69) is 43.1 Å². The van der Waals surface area contributed by atoms with Crippen molar-refractivity contribution in [3.63, 3.8) is 0 Å². The molecule has 5 heteroatoms. The van der Waals surface area contributed by atoms with E-state index in [-0.39, 0.29) is 11.5 Å². The van der Waals surface area contributed by atoms with E-state index in [4.69, 9.17) is 4.74 Å². The maximum absolute atomic E-state index is 13.1. The van der Waals surface area contributed by atoms with Gasteiger partial charge in [-0.15, -0.1) is 0 Å². The molecular formula is C31H38N2O3. The largest absolute Gasteiger partial charge is 0.415 e. The lowest BCUT2D eigenvalue weighted by Crippen LogP contribution is -2.42. The van der Waals surface area contributed by atoms with Crippen LogP contribution in [0.1, 0.15) is 92.9 Å². The highest BCUT2D eigenvalue weighted by Gasteiger charge is 2.54. The molecule has 0 spiro atoms. The van der Waals surface area contributed by atoms with E-state index in [1.54, 1.807) is 0 Å². The molecule has 1 saturated heterocycles. The second-order valence-corrected chi connectivity index (χ2v) is 11.8. The van der Waals surface area contributed by atoms with Gasteiger partial charge in [0.25, 0.3) is 0 Å². The number of carbonyl (C=O) groups excluding carboxylic acids is 2. The molecule has 4 unspecified atom stereocenters. The fourth-order valence-corrected chi connectivity index (χ4v) is 7.98. The molecule has 1 aromatic heterocycles. The maximum Gasteiger partial charge on any atom is 0.415 e. The van der Waals surface area contributed by atoms with Gasteiger partial charge < -0.3 is 9.64 Å². The second-order valence-electron chi connectivity index (χ2n) is 11.8. The average Bonchev–Trinajstić information content (AvgIpc) is 3.22. The van der Waals surface area contributed by atoms with Gasteiger partial charge in [-0.25, -0.2) is 4.79 Å². The van der Waals surface area contributed by atoms with Gasteiger partial charge >= 0.3 is 6.09 Å². The summed E-state index contributed by atoms with van der Waals surface area (Å²) in [6, 6.07) is 8.67. The normalized spacial score (nSPS) is 29.9. The number of pyridine rings is 1. The third-order valence-electron chi connectivity index (χ3n) is 10.1.